The summed E-state index contributed by atoms with van der Waals surface area (Å²) in [6, 6.07) is 13.6. The third-order valence-corrected chi connectivity index (χ3v) is 8.30. The Morgan fingerprint density at radius 1 is 1.14 bits per heavy atom. The van der Waals surface area contributed by atoms with E-state index in [0.717, 1.165) is 16.6 Å². The second-order valence-corrected chi connectivity index (χ2v) is 10.7. The van der Waals surface area contributed by atoms with Crippen LogP contribution in [0.1, 0.15) is 42.6 Å². The van der Waals surface area contributed by atoms with Crippen molar-refractivity contribution in [1.29, 1.82) is 0 Å². The molecule has 1 unspecified atom stereocenters. The predicted molar refractivity (Wildman–Crippen MR) is 135 cm³/mol. The number of carbonyl (C=O) groups excluding carboxylic acids is 2. The van der Waals surface area contributed by atoms with Crippen molar-refractivity contribution in [3.63, 3.8) is 0 Å². The minimum atomic E-state index is -0.826. The number of aromatic nitrogens is 1. The third kappa shape index (κ3) is 4.96. The maximum Gasteiger partial charge on any atom is 0.271 e. The Bertz CT molecular complexity index is 1280. The van der Waals surface area contributed by atoms with Crippen molar-refractivity contribution in [3.05, 3.63) is 70.4 Å². The minimum Gasteiger partial charge on any atom is -0.484 e. The molecule has 3 aliphatic carbocycles. The van der Waals surface area contributed by atoms with Crippen LogP contribution in [-0.2, 0) is 4.79 Å². The molecule has 3 aliphatic rings. The van der Waals surface area contributed by atoms with Crippen molar-refractivity contribution in [3.8, 4) is 16.3 Å². The van der Waals surface area contributed by atoms with E-state index in [-0.39, 0.29) is 23.3 Å². The van der Waals surface area contributed by atoms with Crippen LogP contribution in [0.25, 0.3) is 10.6 Å². The number of aliphatic hydroxyl groups is 1. The molecule has 6 rings (SSSR count). The van der Waals surface area contributed by atoms with Crippen molar-refractivity contribution in [2.75, 3.05) is 6.61 Å². The van der Waals surface area contributed by atoms with Gasteiger partial charge in [0.05, 0.1) is 16.7 Å². The smallest absolute Gasteiger partial charge is 0.271 e. The summed E-state index contributed by atoms with van der Waals surface area (Å²) in [6.07, 6.45) is 1.78. The number of fused-ring (bicyclic) bond motifs is 3. The molecule has 3 fully saturated rings. The van der Waals surface area contributed by atoms with Crippen molar-refractivity contribution in [2.45, 2.75) is 49.3 Å². The molecule has 2 bridgehead atoms. The number of aliphatic hydroxyl groups excluding tert-OH is 1. The molecule has 2 amide bonds. The quantitative estimate of drug-likeness (QED) is 0.422. The molecule has 0 radical (unpaired) electrons. The van der Waals surface area contributed by atoms with E-state index in [9.17, 15) is 19.1 Å². The lowest BCUT2D eigenvalue weighted by Crippen LogP contribution is -2.70. The second kappa shape index (κ2) is 9.80. The molecular weight excluding hydrogens is 505 g/mol. The van der Waals surface area contributed by atoms with Crippen LogP contribution >= 0.6 is 22.9 Å². The molecule has 0 spiro atoms. The molecule has 3 aromatic rings. The Hall–Kier alpha value is -3.01. The summed E-state index contributed by atoms with van der Waals surface area (Å²) >= 11 is 7.08. The summed E-state index contributed by atoms with van der Waals surface area (Å²) in [7, 11) is 0. The Morgan fingerprint density at radius 2 is 1.89 bits per heavy atom. The first-order chi connectivity index (χ1) is 17.3. The number of carbonyl (C=O) groups is 2. The summed E-state index contributed by atoms with van der Waals surface area (Å²) in [5.74, 6) is -1.10. The highest BCUT2D eigenvalue weighted by Crippen LogP contribution is 2.47. The molecule has 0 aliphatic heterocycles. The van der Waals surface area contributed by atoms with Gasteiger partial charge in [-0.1, -0.05) is 41.9 Å². The maximum absolute atomic E-state index is 13.6. The highest BCUT2D eigenvalue weighted by molar-refractivity contribution is 7.13. The third-order valence-electron chi connectivity index (χ3n) is 7.11. The lowest BCUT2D eigenvalue weighted by atomic mass is 9.60. The van der Waals surface area contributed by atoms with Crippen molar-refractivity contribution >= 4 is 34.8 Å². The Labute approximate surface area is 216 Å². The Balaban J connectivity index is 1.18. The lowest BCUT2D eigenvalue weighted by molar-refractivity contribution is -0.132. The first kappa shape index (κ1) is 24.7. The molecule has 36 heavy (non-hydrogen) atoms. The fourth-order valence-corrected chi connectivity index (χ4v) is 6.01. The number of hydrogen-bond donors (Lipinski definition) is 3. The maximum atomic E-state index is 13.6. The molecule has 2 aromatic carbocycles. The van der Waals surface area contributed by atoms with E-state index < -0.39 is 28.9 Å². The van der Waals surface area contributed by atoms with Gasteiger partial charge in [0.2, 0.25) is 0 Å². The second-order valence-electron chi connectivity index (χ2n) is 9.43. The number of halogens is 2. The molecule has 1 atom stereocenters. The molecule has 1 heterocycles. The van der Waals surface area contributed by atoms with Crippen LogP contribution in [0.15, 0.2) is 53.9 Å². The Morgan fingerprint density at radius 3 is 2.58 bits per heavy atom. The number of rotatable bonds is 7. The first-order valence-corrected chi connectivity index (χ1v) is 12.9. The van der Waals surface area contributed by atoms with E-state index in [1.165, 1.54) is 23.5 Å². The van der Waals surface area contributed by atoms with Crippen LogP contribution in [0.4, 0.5) is 4.39 Å². The van der Waals surface area contributed by atoms with E-state index in [0.29, 0.717) is 37.8 Å². The van der Waals surface area contributed by atoms with Crippen LogP contribution in [0.5, 0.6) is 5.75 Å². The van der Waals surface area contributed by atoms with Gasteiger partial charge in [0.15, 0.2) is 6.61 Å². The zero-order chi connectivity index (χ0) is 25.3. The van der Waals surface area contributed by atoms with Crippen LogP contribution in [0, 0.1) is 5.82 Å². The fraction of sp³-hybridized carbons (Fsp3) is 0.346. The van der Waals surface area contributed by atoms with E-state index in [2.05, 4.69) is 15.6 Å². The molecule has 3 N–H and O–H groups in total. The highest BCUT2D eigenvalue weighted by Gasteiger charge is 2.55. The summed E-state index contributed by atoms with van der Waals surface area (Å²) in [4.78, 5) is 30.1. The van der Waals surface area contributed by atoms with E-state index in [1.54, 1.807) is 5.38 Å². The van der Waals surface area contributed by atoms with Gasteiger partial charge in [-0.3, -0.25) is 9.59 Å². The van der Waals surface area contributed by atoms with Crippen LogP contribution in [0.2, 0.25) is 5.02 Å². The number of ether oxygens (including phenoxy) is 1. The zero-order valence-corrected chi connectivity index (χ0v) is 20.9. The van der Waals surface area contributed by atoms with E-state index in [1.807, 2.05) is 30.3 Å². The number of nitrogens with one attached hydrogen (secondary N) is 2. The van der Waals surface area contributed by atoms with E-state index >= 15 is 0 Å². The summed E-state index contributed by atoms with van der Waals surface area (Å²) in [6.45, 7) is -0.314. The van der Waals surface area contributed by atoms with Gasteiger partial charge in [-0.05, 0) is 44.2 Å². The number of amides is 2. The van der Waals surface area contributed by atoms with Gasteiger partial charge >= 0.3 is 0 Å². The van der Waals surface area contributed by atoms with Gasteiger partial charge in [-0.25, -0.2) is 9.37 Å². The standard InChI is InChI=1S/C26H25ClFN3O4S/c27-18-7-6-17(12-19(18)28)35-14-22(33)30-26-10-8-25(9-11-26,13-21(26)32)31-23(34)20-15-36-24(29-20)16-4-2-1-3-5-16/h1-7,12,15,21,32H,8-11,13-14H2,(H,30,33)(H,31,34). The Kier molecular flexibility index (Phi) is 6.72. The number of thiazole rings is 1. The SMILES string of the molecule is O=C(COc1ccc(Cl)c(F)c1)NC12CCC(NC(=O)c3csc(-c4ccccc4)n3)(CC1)CC2O. The molecule has 188 valence electrons. The molecule has 3 saturated carbocycles. The monoisotopic (exact) mass is 529 g/mol. The van der Waals surface area contributed by atoms with Crippen LogP contribution in [-0.4, -0.2) is 45.7 Å². The van der Waals surface area contributed by atoms with Crippen molar-refractivity contribution < 1.29 is 23.8 Å². The molecule has 1 aromatic heterocycles. The number of benzene rings is 2. The molecule has 0 saturated heterocycles. The molecular formula is C26H25ClFN3O4S. The largest absolute Gasteiger partial charge is 0.484 e. The van der Waals surface area contributed by atoms with E-state index in [4.69, 9.17) is 16.3 Å². The average molecular weight is 530 g/mol. The highest BCUT2D eigenvalue weighted by atomic mass is 35.5. The van der Waals surface area contributed by atoms with Gasteiger partial charge < -0.3 is 20.5 Å². The lowest BCUT2D eigenvalue weighted by Gasteiger charge is -2.56. The molecule has 7 nitrogen and oxygen atoms in total. The van der Waals surface area contributed by atoms with Crippen LogP contribution < -0.4 is 15.4 Å². The average Bonchev–Trinajstić information content (AvgIpc) is 3.37. The number of hydrogen-bond acceptors (Lipinski definition) is 6. The summed E-state index contributed by atoms with van der Waals surface area (Å²) in [5.41, 5.74) is -0.0128. The van der Waals surface area contributed by atoms with Gasteiger partial charge in [-0.15, -0.1) is 11.3 Å². The fourth-order valence-electron chi connectivity index (χ4n) is 5.09. The van der Waals surface area contributed by atoms with Crippen molar-refractivity contribution in [2.24, 2.45) is 0 Å². The predicted octanol–water partition coefficient (Wildman–Crippen LogP) is 4.34. The van der Waals surface area contributed by atoms with Gasteiger partial charge in [0.25, 0.3) is 11.8 Å². The number of nitrogens with zero attached hydrogens (tertiary/aromatic N) is 1. The zero-order valence-electron chi connectivity index (χ0n) is 19.3. The first-order valence-electron chi connectivity index (χ1n) is 11.7. The summed E-state index contributed by atoms with van der Waals surface area (Å²) < 4.78 is 19.0. The topological polar surface area (TPSA) is 101 Å². The van der Waals surface area contributed by atoms with Crippen molar-refractivity contribution in [1.82, 2.24) is 15.6 Å². The minimum absolute atomic E-state index is 0.0276. The van der Waals surface area contributed by atoms with Gasteiger partial charge in [0.1, 0.15) is 22.3 Å². The van der Waals surface area contributed by atoms with Gasteiger partial charge in [0, 0.05) is 22.5 Å². The molecule has 10 heteroatoms. The normalized spacial score (nSPS) is 24.8. The summed E-state index contributed by atoms with van der Waals surface area (Å²) in [5, 5.41) is 19.5. The van der Waals surface area contributed by atoms with Gasteiger partial charge in [-0.2, -0.15) is 0 Å². The van der Waals surface area contributed by atoms with Crippen LogP contribution in [0.3, 0.4) is 0 Å².